The molecule has 0 fully saturated rings. The molecule has 0 radical (unpaired) electrons. The summed E-state index contributed by atoms with van der Waals surface area (Å²) in [4.78, 5) is 2.47. The number of hydrogen-bond acceptors (Lipinski definition) is 1. The minimum Gasteiger partial charge on any atom is -0.304 e. The van der Waals surface area contributed by atoms with E-state index in [1.54, 1.807) is 0 Å². The van der Waals surface area contributed by atoms with Gasteiger partial charge < -0.3 is 4.90 Å². The van der Waals surface area contributed by atoms with Crippen molar-refractivity contribution in [3.8, 4) is 0 Å². The summed E-state index contributed by atoms with van der Waals surface area (Å²) < 4.78 is 0. The lowest BCUT2D eigenvalue weighted by Gasteiger charge is -2.25. The molecule has 0 aliphatic heterocycles. The zero-order valence-corrected chi connectivity index (χ0v) is 11.1. The van der Waals surface area contributed by atoms with Crippen LogP contribution in [-0.2, 0) is 0 Å². The fourth-order valence-corrected chi connectivity index (χ4v) is 1.93. The van der Waals surface area contributed by atoms with E-state index in [0.29, 0.717) is 0 Å². The summed E-state index contributed by atoms with van der Waals surface area (Å²) in [5.74, 6) is 0.814. The lowest BCUT2D eigenvalue weighted by Crippen LogP contribution is -2.31. The lowest BCUT2D eigenvalue weighted by atomic mass is 10.0. The number of rotatable bonds is 7. The van der Waals surface area contributed by atoms with Gasteiger partial charge in [0.05, 0.1) is 0 Å². The Morgan fingerprint density at radius 1 is 1.15 bits per heavy atom. The number of halogens is 1. The van der Waals surface area contributed by atoms with Gasteiger partial charge >= 0.3 is 0 Å². The average Bonchev–Trinajstić information content (AvgIpc) is 2.03. The van der Waals surface area contributed by atoms with Gasteiger partial charge in [0.25, 0.3) is 0 Å². The summed E-state index contributed by atoms with van der Waals surface area (Å²) in [5.41, 5.74) is 0. The van der Waals surface area contributed by atoms with Crippen LogP contribution in [0.2, 0.25) is 0 Å². The van der Waals surface area contributed by atoms with Gasteiger partial charge in [0, 0.05) is 11.4 Å². The summed E-state index contributed by atoms with van der Waals surface area (Å²) in [7, 11) is 2.24. The van der Waals surface area contributed by atoms with Crippen LogP contribution in [0.4, 0.5) is 0 Å². The molecule has 0 aromatic carbocycles. The van der Waals surface area contributed by atoms with E-state index in [2.05, 4.69) is 48.6 Å². The van der Waals surface area contributed by atoms with Crippen molar-refractivity contribution in [2.24, 2.45) is 5.92 Å². The summed E-state index contributed by atoms with van der Waals surface area (Å²) in [5, 5.41) is 1.14. The summed E-state index contributed by atoms with van der Waals surface area (Å²) in [6, 6.07) is 0.732. The SMILES string of the molecule is CC(C)CC(C)N(C)CCCCBr. The maximum Gasteiger partial charge on any atom is 0.00663 e. The molecular formula is C11H24BrN. The van der Waals surface area contributed by atoms with Gasteiger partial charge in [-0.25, -0.2) is 0 Å². The van der Waals surface area contributed by atoms with E-state index < -0.39 is 0 Å². The molecule has 0 aromatic heterocycles. The van der Waals surface area contributed by atoms with Crippen LogP contribution in [0.15, 0.2) is 0 Å². The third-order valence-electron chi connectivity index (χ3n) is 2.46. The van der Waals surface area contributed by atoms with E-state index >= 15 is 0 Å². The highest BCUT2D eigenvalue weighted by Crippen LogP contribution is 2.10. The molecule has 0 aliphatic carbocycles. The third kappa shape index (κ3) is 7.51. The van der Waals surface area contributed by atoms with Crippen LogP contribution in [0.25, 0.3) is 0 Å². The topological polar surface area (TPSA) is 3.24 Å². The molecule has 0 N–H and O–H groups in total. The first-order valence-corrected chi connectivity index (χ1v) is 6.46. The second-order valence-corrected chi connectivity index (χ2v) is 5.15. The predicted molar refractivity (Wildman–Crippen MR) is 64.6 cm³/mol. The minimum absolute atomic E-state index is 0.732. The van der Waals surface area contributed by atoms with Crippen molar-refractivity contribution in [1.29, 1.82) is 0 Å². The molecule has 0 bridgehead atoms. The third-order valence-corrected chi connectivity index (χ3v) is 3.02. The Morgan fingerprint density at radius 3 is 2.23 bits per heavy atom. The van der Waals surface area contributed by atoms with Gasteiger partial charge in [-0.2, -0.15) is 0 Å². The molecule has 80 valence electrons. The van der Waals surface area contributed by atoms with Gasteiger partial charge in [-0.15, -0.1) is 0 Å². The fraction of sp³-hybridized carbons (Fsp3) is 1.00. The standard InChI is InChI=1S/C11H24BrN/c1-10(2)9-11(3)13(4)8-6-5-7-12/h10-11H,5-9H2,1-4H3. The van der Waals surface area contributed by atoms with Gasteiger partial charge in [-0.05, 0) is 45.7 Å². The Kier molecular flexibility index (Phi) is 8.07. The molecule has 13 heavy (non-hydrogen) atoms. The van der Waals surface area contributed by atoms with E-state index in [1.165, 1.54) is 25.8 Å². The lowest BCUT2D eigenvalue weighted by molar-refractivity contribution is 0.225. The molecule has 0 aliphatic rings. The molecule has 1 unspecified atom stereocenters. The Bertz CT molecular complexity index is 115. The Hall–Kier alpha value is 0.440. The Labute approximate surface area is 92.0 Å². The van der Waals surface area contributed by atoms with Crippen LogP contribution in [0.1, 0.15) is 40.0 Å². The second-order valence-electron chi connectivity index (χ2n) is 4.36. The number of unbranched alkanes of at least 4 members (excludes halogenated alkanes) is 1. The highest BCUT2D eigenvalue weighted by Gasteiger charge is 2.09. The summed E-state index contributed by atoms with van der Waals surface area (Å²) in [6.45, 7) is 8.15. The van der Waals surface area contributed by atoms with Crippen LogP contribution in [0.5, 0.6) is 0 Å². The number of nitrogens with zero attached hydrogens (tertiary/aromatic N) is 1. The Morgan fingerprint density at radius 2 is 1.77 bits per heavy atom. The maximum atomic E-state index is 3.46. The Balaban J connectivity index is 3.50. The molecule has 2 heteroatoms. The molecule has 0 heterocycles. The monoisotopic (exact) mass is 249 g/mol. The van der Waals surface area contributed by atoms with Crippen LogP contribution in [0, 0.1) is 5.92 Å². The normalized spacial score (nSPS) is 14.1. The van der Waals surface area contributed by atoms with Crippen LogP contribution in [-0.4, -0.2) is 29.9 Å². The van der Waals surface area contributed by atoms with E-state index in [4.69, 9.17) is 0 Å². The molecule has 1 atom stereocenters. The van der Waals surface area contributed by atoms with Gasteiger partial charge in [0.15, 0.2) is 0 Å². The van der Waals surface area contributed by atoms with Crippen molar-refractivity contribution in [3.05, 3.63) is 0 Å². The van der Waals surface area contributed by atoms with Gasteiger partial charge in [0.2, 0.25) is 0 Å². The van der Waals surface area contributed by atoms with Crippen LogP contribution >= 0.6 is 15.9 Å². The van der Waals surface area contributed by atoms with Crippen LogP contribution in [0.3, 0.4) is 0 Å². The van der Waals surface area contributed by atoms with Gasteiger partial charge in [-0.3, -0.25) is 0 Å². The average molecular weight is 250 g/mol. The molecule has 0 saturated carbocycles. The van der Waals surface area contributed by atoms with E-state index in [9.17, 15) is 0 Å². The first-order chi connectivity index (χ1) is 6.07. The molecule has 0 spiro atoms. The molecule has 0 amide bonds. The van der Waals surface area contributed by atoms with E-state index in [-0.39, 0.29) is 0 Å². The quantitative estimate of drug-likeness (QED) is 0.493. The maximum absolute atomic E-state index is 3.46. The highest BCUT2D eigenvalue weighted by molar-refractivity contribution is 9.09. The van der Waals surface area contributed by atoms with Crippen LogP contribution < -0.4 is 0 Å². The van der Waals surface area contributed by atoms with Crippen molar-refractivity contribution in [3.63, 3.8) is 0 Å². The minimum atomic E-state index is 0.732. The predicted octanol–water partition coefficient (Wildman–Crippen LogP) is 3.53. The van der Waals surface area contributed by atoms with Crippen molar-refractivity contribution < 1.29 is 0 Å². The molecule has 0 aromatic rings. The largest absolute Gasteiger partial charge is 0.304 e. The number of hydrogen-bond donors (Lipinski definition) is 0. The zero-order valence-electron chi connectivity index (χ0n) is 9.52. The first kappa shape index (κ1) is 13.4. The van der Waals surface area contributed by atoms with Crippen molar-refractivity contribution in [1.82, 2.24) is 4.90 Å². The number of alkyl halides is 1. The van der Waals surface area contributed by atoms with Crippen molar-refractivity contribution in [2.45, 2.75) is 46.1 Å². The van der Waals surface area contributed by atoms with Gasteiger partial charge in [0.1, 0.15) is 0 Å². The van der Waals surface area contributed by atoms with E-state index in [0.717, 1.165) is 17.3 Å². The first-order valence-electron chi connectivity index (χ1n) is 5.34. The molecule has 0 rings (SSSR count). The fourth-order valence-electron chi connectivity index (χ4n) is 1.54. The summed E-state index contributed by atoms with van der Waals surface area (Å²) in [6.07, 6.45) is 3.91. The van der Waals surface area contributed by atoms with E-state index in [1.807, 2.05) is 0 Å². The molecule has 1 nitrogen and oxygen atoms in total. The highest BCUT2D eigenvalue weighted by atomic mass is 79.9. The van der Waals surface area contributed by atoms with Crippen molar-refractivity contribution >= 4 is 15.9 Å². The summed E-state index contributed by atoms with van der Waals surface area (Å²) >= 11 is 3.46. The zero-order chi connectivity index (χ0) is 10.3. The van der Waals surface area contributed by atoms with Crippen molar-refractivity contribution in [2.75, 3.05) is 18.9 Å². The van der Waals surface area contributed by atoms with Gasteiger partial charge in [-0.1, -0.05) is 29.8 Å². The smallest absolute Gasteiger partial charge is 0.00663 e. The molecular weight excluding hydrogens is 226 g/mol. The second kappa shape index (κ2) is 7.81. The molecule has 0 saturated heterocycles.